The molecule has 0 heterocycles. The van der Waals surface area contributed by atoms with Gasteiger partial charge in [-0.15, -0.1) is 24.0 Å². The van der Waals surface area contributed by atoms with Crippen molar-refractivity contribution in [2.75, 3.05) is 33.2 Å². The maximum atomic E-state index is 6.21. The van der Waals surface area contributed by atoms with Crippen molar-refractivity contribution in [3.8, 4) is 17.2 Å². The SMILES string of the molecule is COc1ccc(CCN=C(N)Nc2ccc(OC)c(OC)c2)c(Cl)c1.I. The highest BCUT2D eigenvalue weighted by Crippen LogP contribution is 2.29. The first-order valence-corrected chi connectivity index (χ1v) is 8.06. The summed E-state index contributed by atoms with van der Waals surface area (Å²) >= 11 is 6.21. The van der Waals surface area contributed by atoms with Crippen LogP contribution in [0.1, 0.15) is 5.56 Å². The second kappa shape index (κ2) is 11.0. The van der Waals surface area contributed by atoms with Gasteiger partial charge in [-0.3, -0.25) is 4.99 Å². The number of ether oxygens (including phenoxy) is 3. The summed E-state index contributed by atoms with van der Waals surface area (Å²) in [5.41, 5.74) is 7.69. The summed E-state index contributed by atoms with van der Waals surface area (Å²) in [7, 11) is 4.78. The largest absolute Gasteiger partial charge is 0.497 e. The van der Waals surface area contributed by atoms with Gasteiger partial charge in [0.15, 0.2) is 17.5 Å². The van der Waals surface area contributed by atoms with Crippen LogP contribution in [0, 0.1) is 0 Å². The van der Waals surface area contributed by atoms with Gasteiger partial charge in [0.05, 0.1) is 21.3 Å². The molecule has 0 saturated heterocycles. The van der Waals surface area contributed by atoms with Crippen molar-refractivity contribution < 1.29 is 14.2 Å². The average Bonchev–Trinajstić information content (AvgIpc) is 2.62. The fraction of sp³-hybridized carbons (Fsp3) is 0.278. The molecule has 0 unspecified atom stereocenters. The summed E-state index contributed by atoms with van der Waals surface area (Å²) in [5, 5.41) is 3.68. The number of nitrogens with zero attached hydrogens (tertiary/aromatic N) is 1. The van der Waals surface area contributed by atoms with Gasteiger partial charge in [-0.05, 0) is 36.2 Å². The zero-order valence-corrected chi connectivity index (χ0v) is 18.0. The minimum Gasteiger partial charge on any atom is -0.497 e. The number of aliphatic imine (C=N–C) groups is 1. The van der Waals surface area contributed by atoms with Crippen molar-refractivity contribution >= 4 is 47.2 Å². The molecule has 0 spiro atoms. The molecule has 26 heavy (non-hydrogen) atoms. The maximum absolute atomic E-state index is 6.21. The van der Waals surface area contributed by atoms with E-state index in [1.165, 1.54) is 0 Å². The Hall–Kier alpha value is -1.87. The highest BCUT2D eigenvalue weighted by molar-refractivity contribution is 14.0. The maximum Gasteiger partial charge on any atom is 0.193 e. The van der Waals surface area contributed by atoms with E-state index in [2.05, 4.69) is 10.3 Å². The van der Waals surface area contributed by atoms with E-state index in [0.717, 1.165) is 17.0 Å². The van der Waals surface area contributed by atoms with Crippen LogP contribution in [-0.2, 0) is 6.42 Å². The predicted octanol–water partition coefficient (Wildman–Crippen LogP) is 3.95. The van der Waals surface area contributed by atoms with E-state index in [1.807, 2.05) is 18.2 Å². The summed E-state index contributed by atoms with van der Waals surface area (Å²) in [6.45, 7) is 0.512. The second-order valence-electron chi connectivity index (χ2n) is 5.17. The molecular formula is C18H23ClIN3O3. The first kappa shape index (κ1) is 22.2. The number of hydrogen-bond acceptors (Lipinski definition) is 4. The molecule has 0 radical (unpaired) electrons. The van der Waals surface area contributed by atoms with E-state index in [9.17, 15) is 0 Å². The molecule has 6 nitrogen and oxygen atoms in total. The lowest BCUT2D eigenvalue weighted by Gasteiger charge is -2.11. The molecule has 0 aliphatic carbocycles. The number of rotatable bonds is 7. The Morgan fingerprint density at radius 2 is 1.77 bits per heavy atom. The van der Waals surface area contributed by atoms with Crippen molar-refractivity contribution in [2.24, 2.45) is 10.7 Å². The molecule has 2 aromatic rings. The number of benzene rings is 2. The van der Waals surface area contributed by atoms with Gasteiger partial charge in [-0.1, -0.05) is 17.7 Å². The summed E-state index contributed by atoms with van der Waals surface area (Å²) in [4.78, 5) is 4.32. The number of nitrogens with two attached hydrogens (primary N) is 1. The summed E-state index contributed by atoms with van der Waals surface area (Å²) in [5.74, 6) is 2.31. The molecule has 0 atom stereocenters. The van der Waals surface area contributed by atoms with Gasteiger partial charge in [-0.25, -0.2) is 0 Å². The third kappa shape index (κ3) is 6.14. The summed E-state index contributed by atoms with van der Waals surface area (Å²) in [6, 6.07) is 11.0. The molecule has 2 aromatic carbocycles. The Morgan fingerprint density at radius 1 is 1.04 bits per heavy atom. The molecule has 0 saturated carbocycles. The Kier molecular flexibility index (Phi) is 9.36. The minimum absolute atomic E-state index is 0. The summed E-state index contributed by atoms with van der Waals surface area (Å²) in [6.07, 6.45) is 0.678. The first-order valence-electron chi connectivity index (χ1n) is 7.68. The Bertz CT molecular complexity index is 756. The zero-order valence-electron chi connectivity index (χ0n) is 14.9. The first-order chi connectivity index (χ1) is 12.1. The van der Waals surface area contributed by atoms with Gasteiger partial charge in [0, 0.05) is 23.3 Å². The van der Waals surface area contributed by atoms with Crippen LogP contribution in [0.3, 0.4) is 0 Å². The van der Waals surface area contributed by atoms with Gasteiger partial charge in [-0.2, -0.15) is 0 Å². The number of methoxy groups -OCH3 is 3. The fourth-order valence-corrected chi connectivity index (χ4v) is 2.52. The monoisotopic (exact) mass is 491 g/mol. The minimum atomic E-state index is 0. The molecular weight excluding hydrogens is 469 g/mol. The third-order valence-electron chi connectivity index (χ3n) is 3.58. The van der Waals surface area contributed by atoms with Crippen molar-refractivity contribution in [2.45, 2.75) is 6.42 Å². The van der Waals surface area contributed by atoms with Crippen molar-refractivity contribution in [1.29, 1.82) is 0 Å². The highest BCUT2D eigenvalue weighted by atomic mass is 127. The Labute approximate surface area is 175 Å². The molecule has 0 amide bonds. The van der Waals surface area contributed by atoms with E-state index < -0.39 is 0 Å². The predicted molar refractivity (Wildman–Crippen MR) is 117 cm³/mol. The zero-order chi connectivity index (χ0) is 18.2. The average molecular weight is 492 g/mol. The van der Waals surface area contributed by atoms with Crippen LogP contribution in [0.5, 0.6) is 17.2 Å². The lowest BCUT2D eigenvalue weighted by molar-refractivity contribution is 0.355. The topological polar surface area (TPSA) is 78.1 Å². The molecule has 0 fully saturated rings. The van der Waals surface area contributed by atoms with Gasteiger partial charge in [0.2, 0.25) is 0 Å². The van der Waals surface area contributed by atoms with Crippen molar-refractivity contribution in [3.05, 3.63) is 47.0 Å². The molecule has 0 bridgehead atoms. The van der Waals surface area contributed by atoms with Gasteiger partial charge in [0.1, 0.15) is 5.75 Å². The fourth-order valence-electron chi connectivity index (χ4n) is 2.26. The van der Waals surface area contributed by atoms with E-state index in [-0.39, 0.29) is 24.0 Å². The normalized spacial score (nSPS) is 10.7. The third-order valence-corrected chi connectivity index (χ3v) is 3.93. The molecule has 8 heteroatoms. The van der Waals surface area contributed by atoms with Crippen molar-refractivity contribution in [3.63, 3.8) is 0 Å². The molecule has 0 aliphatic heterocycles. The molecule has 0 aliphatic rings. The van der Waals surface area contributed by atoms with Crippen LogP contribution >= 0.6 is 35.6 Å². The Morgan fingerprint density at radius 3 is 2.38 bits per heavy atom. The van der Waals surface area contributed by atoms with Gasteiger partial charge < -0.3 is 25.3 Å². The lowest BCUT2D eigenvalue weighted by Crippen LogP contribution is -2.23. The van der Waals surface area contributed by atoms with Crippen LogP contribution in [0.4, 0.5) is 5.69 Å². The van der Waals surface area contributed by atoms with Crippen LogP contribution in [0.2, 0.25) is 5.02 Å². The molecule has 2 rings (SSSR count). The van der Waals surface area contributed by atoms with E-state index in [0.29, 0.717) is 35.4 Å². The van der Waals surface area contributed by atoms with Gasteiger partial charge in [0.25, 0.3) is 0 Å². The lowest BCUT2D eigenvalue weighted by atomic mass is 10.1. The standard InChI is InChI=1S/C18H22ClN3O3.HI/c1-23-14-6-4-12(15(19)11-14)8-9-21-18(20)22-13-5-7-16(24-2)17(10-13)25-3;/h4-7,10-11H,8-9H2,1-3H3,(H3,20,21,22);1H. The Balaban J connectivity index is 0.00000338. The van der Waals surface area contributed by atoms with Crippen LogP contribution in [0.15, 0.2) is 41.4 Å². The van der Waals surface area contributed by atoms with Crippen LogP contribution in [-0.4, -0.2) is 33.8 Å². The highest BCUT2D eigenvalue weighted by Gasteiger charge is 2.05. The van der Waals surface area contributed by atoms with E-state index in [4.69, 9.17) is 31.5 Å². The smallest absolute Gasteiger partial charge is 0.193 e. The van der Waals surface area contributed by atoms with E-state index >= 15 is 0 Å². The molecule has 0 aromatic heterocycles. The van der Waals surface area contributed by atoms with Crippen LogP contribution < -0.4 is 25.3 Å². The molecule has 3 N–H and O–H groups in total. The molecule has 142 valence electrons. The number of guanidine groups is 1. The second-order valence-corrected chi connectivity index (χ2v) is 5.58. The number of nitrogens with one attached hydrogen (secondary N) is 1. The van der Waals surface area contributed by atoms with Crippen LogP contribution in [0.25, 0.3) is 0 Å². The van der Waals surface area contributed by atoms with Crippen molar-refractivity contribution in [1.82, 2.24) is 0 Å². The quantitative estimate of drug-likeness (QED) is 0.348. The van der Waals surface area contributed by atoms with Gasteiger partial charge >= 0.3 is 0 Å². The number of anilines is 1. The number of halogens is 2. The summed E-state index contributed by atoms with van der Waals surface area (Å²) < 4.78 is 15.6. The van der Waals surface area contributed by atoms with E-state index in [1.54, 1.807) is 39.5 Å². The number of hydrogen-bond donors (Lipinski definition) is 2.